The lowest BCUT2D eigenvalue weighted by molar-refractivity contribution is -0.138. The van der Waals surface area contributed by atoms with E-state index in [1.165, 1.54) is 0 Å². The van der Waals surface area contributed by atoms with Crippen molar-refractivity contribution in [2.24, 2.45) is 0 Å². The number of morpholine rings is 1. The third-order valence-electron chi connectivity index (χ3n) is 5.21. The van der Waals surface area contributed by atoms with Gasteiger partial charge in [0.2, 0.25) is 0 Å². The molecule has 2 aliphatic rings. The summed E-state index contributed by atoms with van der Waals surface area (Å²) in [4.78, 5) is 17.3. The minimum atomic E-state index is 0.0362. The Morgan fingerprint density at radius 2 is 1.64 bits per heavy atom. The molecule has 1 aromatic rings. The van der Waals surface area contributed by atoms with Crippen LogP contribution in [-0.2, 0) is 14.3 Å². The van der Waals surface area contributed by atoms with Gasteiger partial charge in [0.25, 0.3) is 5.91 Å². The van der Waals surface area contributed by atoms with Gasteiger partial charge in [-0.05, 0) is 44.0 Å². The van der Waals surface area contributed by atoms with Crippen molar-refractivity contribution in [3.63, 3.8) is 0 Å². The van der Waals surface area contributed by atoms with Gasteiger partial charge in [0.15, 0.2) is 6.61 Å². The Morgan fingerprint density at radius 1 is 1.04 bits per heavy atom. The zero-order chi connectivity index (χ0) is 19.6. The first-order valence-corrected chi connectivity index (χ1v) is 10.3. The van der Waals surface area contributed by atoms with E-state index in [0.717, 1.165) is 58.0 Å². The number of nitrogens with zero attached hydrogens (tertiary/aromatic N) is 2. The highest BCUT2D eigenvalue weighted by molar-refractivity contribution is 5.78. The van der Waals surface area contributed by atoms with Gasteiger partial charge in [-0.25, -0.2) is 0 Å². The quantitative estimate of drug-likeness (QED) is 0.639. The van der Waals surface area contributed by atoms with Gasteiger partial charge in [-0.15, -0.1) is 0 Å². The van der Waals surface area contributed by atoms with Gasteiger partial charge in [-0.1, -0.05) is 0 Å². The molecule has 0 aromatic heterocycles. The smallest absolute Gasteiger partial charge is 0.260 e. The number of hydrogen-bond donors (Lipinski definition) is 0. The van der Waals surface area contributed by atoms with Crippen molar-refractivity contribution in [1.82, 2.24) is 9.80 Å². The standard InChI is InChI=1S/C21H32N2O5/c1-2-27-19-3-5-20(6-4-19)28-17-21(24)23(18-7-13-25-14-8-18)10-9-22-11-15-26-16-12-22/h3-6,18H,2,7-17H2,1H3. The molecule has 0 N–H and O–H groups in total. The number of carbonyl (C=O) groups excluding carboxylic acids is 1. The average Bonchev–Trinajstić information content (AvgIpc) is 2.75. The molecule has 2 saturated heterocycles. The van der Waals surface area contributed by atoms with Crippen LogP contribution in [0.1, 0.15) is 19.8 Å². The van der Waals surface area contributed by atoms with E-state index < -0.39 is 0 Å². The maximum atomic E-state index is 13.0. The van der Waals surface area contributed by atoms with Crippen LogP contribution in [0.4, 0.5) is 0 Å². The lowest BCUT2D eigenvalue weighted by atomic mass is 10.1. The molecule has 0 saturated carbocycles. The van der Waals surface area contributed by atoms with Crippen molar-refractivity contribution in [1.29, 1.82) is 0 Å². The molecule has 2 fully saturated rings. The number of rotatable bonds is 9. The topological polar surface area (TPSA) is 60.5 Å². The molecular weight excluding hydrogens is 360 g/mol. The maximum absolute atomic E-state index is 13.0. The first-order chi connectivity index (χ1) is 13.8. The third kappa shape index (κ3) is 6.36. The molecule has 0 unspecified atom stereocenters. The normalized spacial score (nSPS) is 18.6. The molecule has 2 aliphatic heterocycles. The molecule has 0 atom stereocenters. The maximum Gasteiger partial charge on any atom is 0.260 e. The highest BCUT2D eigenvalue weighted by Crippen LogP contribution is 2.19. The summed E-state index contributed by atoms with van der Waals surface area (Å²) in [6, 6.07) is 7.62. The largest absolute Gasteiger partial charge is 0.494 e. The Labute approximate surface area is 167 Å². The van der Waals surface area contributed by atoms with E-state index in [0.29, 0.717) is 25.6 Å². The van der Waals surface area contributed by atoms with Crippen LogP contribution in [0.15, 0.2) is 24.3 Å². The Morgan fingerprint density at radius 3 is 2.29 bits per heavy atom. The Kier molecular flexibility index (Phi) is 8.39. The number of ether oxygens (including phenoxy) is 4. The van der Waals surface area contributed by atoms with Gasteiger partial charge in [0.1, 0.15) is 11.5 Å². The van der Waals surface area contributed by atoms with Crippen LogP contribution in [-0.4, -0.2) is 87.6 Å². The van der Waals surface area contributed by atoms with Crippen molar-refractivity contribution in [2.75, 3.05) is 65.8 Å². The van der Waals surface area contributed by atoms with Crippen LogP contribution in [0.5, 0.6) is 11.5 Å². The first-order valence-electron chi connectivity index (χ1n) is 10.3. The monoisotopic (exact) mass is 392 g/mol. The number of carbonyl (C=O) groups is 1. The molecule has 1 aromatic carbocycles. The molecular formula is C21H32N2O5. The molecule has 7 nitrogen and oxygen atoms in total. The van der Waals surface area contributed by atoms with E-state index in [2.05, 4.69) is 4.90 Å². The Bertz CT molecular complexity index is 583. The number of hydrogen-bond acceptors (Lipinski definition) is 6. The van der Waals surface area contributed by atoms with Crippen LogP contribution in [0.25, 0.3) is 0 Å². The van der Waals surface area contributed by atoms with E-state index in [-0.39, 0.29) is 18.6 Å². The van der Waals surface area contributed by atoms with Gasteiger partial charge < -0.3 is 23.8 Å². The predicted molar refractivity (Wildman–Crippen MR) is 106 cm³/mol. The minimum Gasteiger partial charge on any atom is -0.494 e. The summed E-state index contributed by atoms with van der Waals surface area (Å²) in [5, 5.41) is 0. The van der Waals surface area contributed by atoms with Gasteiger partial charge in [0.05, 0.1) is 19.8 Å². The fraction of sp³-hybridized carbons (Fsp3) is 0.667. The third-order valence-corrected chi connectivity index (χ3v) is 5.21. The highest BCUT2D eigenvalue weighted by atomic mass is 16.5. The van der Waals surface area contributed by atoms with Crippen LogP contribution in [0.2, 0.25) is 0 Å². The van der Waals surface area contributed by atoms with E-state index in [1.54, 1.807) is 0 Å². The van der Waals surface area contributed by atoms with E-state index in [4.69, 9.17) is 18.9 Å². The number of benzene rings is 1. The molecule has 0 aliphatic carbocycles. The second-order valence-corrected chi connectivity index (χ2v) is 7.08. The van der Waals surface area contributed by atoms with Crippen LogP contribution in [0.3, 0.4) is 0 Å². The summed E-state index contributed by atoms with van der Waals surface area (Å²) >= 11 is 0. The predicted octanol–water partition coefficient (Wildman–Crippen LogP) is 1.80. The van der Waals surface area contributed by atoms with Gasteiger partial charge >= 0.3 is 0 Å². The van der Waals surface area contributed by atoms with Crippen LogP contribution >= 0.6 is 0 Å². The zero-order valence-electron chi connectivity index (χ0n) is 16.8. The summed E-state index contributed by atoms with van der Waals surface area (Å²) < 4.78 is 22.1. The molecule has 0 bridgehead atoms. The second kappa shape index (κ2) is 11.2. The summed E-state index contributed by atoms with van der Waals surface area (Å²) in [6.45, 7) is 9.04. The van der Waals surface area contributed by atoms with Crippen molar-refractivity contribution >= 4 is 5.91 Å². The lowest BCUT2D eigenvalue weighted by Crippen LogP contribution is -2.49. The average molecular weight is 392 g/mol. The van der Waals surface area contributed by atoms with Crippen molar-refractivity contribution in [2.45, 2.75) is 25.8 Å². The van der Waals surface area contributed by atoms with Gasteiger partial charge in [-0.2, -0.15) is 0 Å². The fourth-order valence-corrected chi connectivity index (χ4v) is 3.61. The van der Waals surface area contributed by atoms with E-state index >= 15 is 0 Å². The van der Waals surface area contributed by atoms with Crippen molar-refractivity contribution in [3.8, 4) is 11.5 Å². The summed E-state index contributed by atoms with van der Waals surface area (Å²) in [5.74, 6) is 1.52. The molecule has 2 heterocycles. The molecule has 7 heteroatoms. The second-order valence-electron chi connectivity index (χ2n) is 7.08. The summed E-state index contributed by atoms with van der Waals surface area (Å²) in [6.07, 6.45) is 1.77. The molecule has 0 spiro atoms. The van der Waals surface area contributed by atoms with Crippen LogP contribution in [0, 0.1) is 0 Å². The molecule has 1 amide bonds. The first kappa shape index (κ1) is 20.9. The molecule has 3 rings (SSSR count). The van der Waals surface area contributed by atoms with Gasteiger partial charge in [-0.3, -0.25) is 9.69 Å². The summed E-state index contributed by atoms with van der Waals surface area (Å²) in [5.41, 5.74) is 0. The summed E-state index contributed by atoms with van der Waals surface area (Å²) in [7, 11) is 0. The Balaban J connectivity index is 1.53. The van der Waals surface area contributed by atoms with Crippen molar-refractivity contribution < 1.29 is 23.7 Å². The number of amides is 1. The Hall–Kier alpha value is -1.83. The van der Waals surface area contributed by atoms with Crippen molar-refractivity contribution in [3.05, 3.63) is 24.3 Å². The van der Waals surface area contributed by atoms with E-state index in [1.807, 2.05) is 36.1 Å². The van der Waals surface area contributed by atoms with Crippen LogP contribution < -0.4 is 9.47 Å². The minimum absolute atomic E-state index is 0.0362. The highest BCUT2D eigenvalue weighted by Gasteiger charge is 2.26. The molecule has 28 heavy (non-hydrogen) atoms. The molecule has 0 radical (unpaired) electrons. The molecule has 156 valence electrons. The SMILES string of the molecule is CCOc1ccc(OCC(=O)N(CCN2CCOCC2)C2CCOCC2)cc1. The fourth-order valence-electron chi connectivity index (χ4n) is 3.61. The van der Waals surface area contributed by atoms with E-state index in [9.17, 15) is 4.79 Å². The lowest BCUT2D eigenvalue weighted by Gasteiger charge is -2.36. The zero-order valence-corrected chi connectivity index (χ0v) is 16.8. The van der Waals surface area contributed by atoms with Gasteiger partial charge in [0, 0.05) is 45.4 Å².